The maximum absolute atomic E-state index is 11.8. The Morgan fingerprint density at radius 2 is 1.89 bits per heavy atom. The highest BCUT2D eigenvalue weighted by atomic mass is 16.4. The molecule has 0 aromatic carbocycles. The fraction of sp³-hybridized carbons (Fsp3) is 0.857. The molecule has 104 valence electrons. The summed E-state index contributed by atoms with van der Waals surface area (Å²) in [5.74, 6) is -0.353. The van der Waals surface area contributed by atoms with Crippen LogP contribution in [0.1, 0.15) is 58.8 Å². The lowest BCUT2D eigenvalue weighted by Crippen LogP contribution is -2.39. The topological polar surface area (TPSA) is 66.4 Å². The smallest absolute Gasteiger partial charge is 0.306 e. The van der Waals surface area contributed by atoms with E-state index in [2.05, 4.69) is 19.2 Å². The minimum atomic E-state index is -0.698. The van der Waals surface area contributed by atoms with E-state index < -0.39 is 5.97 Å². The molecule has 0 bridgehead atoms. The summed E-state index contributed by atoms with van der Waals surface area (Å²) in [5, 5.41) is 11.9. The van der Waals surface area contributed by atoms with E-state index in [9.17, 15) is 9.59 Å². The molecular formula is C14H25NO3. The SMILES string of the molecule is CCC[C@@H](C)CC(=O)NC1CCC(C(=O)O)CC1. The molecule has 0 radical (unpaired) electrons. The Kier molecular flexibility index (Phi) is 6.16. The van der Waals surface area contributed by atoms with Crippen LogP contribution < -0.4 is 5.32 Å². The monoisotopic (exact) mass is 255 g/mol. The van der Waals surface area contributed by atoms with Crippen molar-refractivity contribution in [2.75, 3.05) is 0 Å². The first kappa shape index (κ1) is 15.0. The first-order valence-electron chi connectivity index (χ1n) is 7.05. The fourth-order valence-corrected chi connectivity index (χ4v) is 2.68. The molecule has 1 saturated carbocycles. The number of aliphatic carboxylic acids is 1. The summed E-state index contributed by atoms with van der Waals surface area (Å²) in [7, 11) is 0. The molecule has 0 aromatic heterocycles. The number of carboxylic acid groups (broad SMARTS) is 1. The average molecular weight is 255 g/mol. The van der Waals surface area contributed by atoms with E-state index in [-0.39, 0.29) is 17.9 Å². The van der Waals surface area contributed by atoms with Crippen LogP contribution in [0.15, 0.2) is 0 Å². The minimum Gasteiger partial charge on any atom is -0.481 e. The summed E-state index contributed by atoms with van der Waals surface area (Å²) < 4.78 is 0. The molecule has 0 aliphatic heterocycles. The van der Waals surface area contributed by atoms with Crippen LogP contribution in [0.25, 0.3) is 0 Å². The highest BCUT2D eigenvalue weighted by molar-refractivity contribution is 5.76. The molecule has 0 aromatic rings. The number of amides is 1. The number of carboxylic acids is 1. The molecule has 0 heterocycles. The standard InChI is InChI=1S/C14H25NO3/c1-3-4-10(2)9-13(16)15-12-7-5-11(6-8-12)14(17)18/h10-12H,3-9H2,1-2H3,(H,15,16)(H,17,18)/t10-,11?,12?/m1/s1. The molecule has 4 nitrogen and oxygen atoms in total. The predicted molar refractivity (Wildman–Crippen MR) is 70.2 cm³/mol. The van der Waals surface area contributed by atoms with Crippen molar-refractivity contribution in [1.82, 2.24) is 5.32 Å². The fourth-order valence-electron chi connectivity index (χ4n) is 2.68. The van der Waals surface area contributed by atoms with Crippen molar-refractivity contribution in [3.8, 4) is 0 Å². The van der Waals surface area contributed by atoms with Crippen LogP contribution in [0.5, 0.6) is 0 Å². The van der Waals surface area contributed by atoms with E-state index >= 15 is 0 Å². The molecule has 1 aliphatic rings. The third-order valence-corrected chi connectivity index (χ3v) is 3.76. The molecule has 1 amide bonds. The van der Waals surface area contributed by atoms with Crippen molar-refractivity contribution in [3.63, 3.8) is 0 Å². The highest BCUT2D eigenvalue weighted by Crippen LogP contribution is 2.24. The third kappa shape index (κ3) is 5.07. The van der Waals surface area contributed by atoms with Gasteiger partial charge < -0.3 is 10.4 Å². The Balaban J connectivity index is 2.24. The number of rotatable bonds is 6. The van der Waals surface area contributed by atoms with Crippen molar-refractivity contribution in [2.24, 2.45) is 11.8 Å². The van der Waals surface area contributed by atoms with E-state index in [0.29, 0.717) is 25.2 Å². The van der Waals surface area contributed by atoms with Crippen LogP contribution in [-0.2, 0) is 9.59 Å². The number of carbonyl (C=O) groups excluding carboxylic acids is 1. The molecule has 1 atom stereocenters. The number of nitrogens with one attached hydrogen (secondary N) is 1. The Morgan fingerprint density at radius 3 is 2.39 bits per heavy atom. The second kappa shape index (κ2) is 7.39. The summed E-state index contributed by atoms with van der Waals surface area (Å²) >= 11 is 0. The van der Waals surface area contributed by atoms with Gasteiger partial charge in [0.2, 0.25) is 5.91 Å². The van der Waals surface area contributed by atoms with Gasteiger partial charge in [-0.15, -0.1) is 0 Å². The van der Waals surface area contributed by atoms with Gasteiger partial charge in [-0.1, -0.05) is 26.7 Å². The summed E-state index contributed by atoms with van der Waals surface area (Å²) in [6.45, 7) is 4.23. The third-order valence-electron chi connectivity index (χ3n) is 3.76. The molecule has 1 aliphatic carbocycles. The summed E-state index contributed by atoms with van der Waals surface area (Å²) in [4.78, 5) is 22.6. The normalized spacial score (nSPS) is 25.4. The molecule has 1 fully saturated rings. The van der Waals surface area contributed by atoms with Gasteiger partial charge in [-0.25, -0.2) is 0 Å². The zero-order chi connectivity index (χ0) is 13.5. The maximum Gasteiger partial charge on any atom is 0.306 e. The van der Waals surface area contributed by atoms with E-state index in [4.69, 9.17) is 5.11 Å². The molecule has 0 saturated heterocycles. The van der Waals surface area contributed by atoms with Crippen LogP contribution in [0.4, 0.5) is 0 Å². The van der Waals surface area contributed by atoms with Crippen molar-refractivity contribution in [2.45, 2.75) is 64.8 Å². The first-order valence-corrected chi connectivity index (χ1v) is 7.05. The Labute approximate surface area is 109 Å². The zero-order valence-electron chi connectivity index (χ0n) is 11.4. The van der Waals surface area contributed by atoms with Gasteiger partial charge in [0.1, 0.15) is 0 Å². The van der Waals surface area contributed by atoms with Gasteiger partial charge in [0.15, 0.2) is 0 Å². The summed E-state index contributed by atoms with van der Waals surface area (Å²) in [6.07, 6.45) is 5.75. The van der Waals surface area contributed by atoms with Gasteiger partial charge in [0.25, 0.3) is 0 Å². The minimum absolute atomic E-state index is 0.120. The molecule has 1 rings (SSSR count). The van der Waals surface area contributed by atoms with E-state index in [1.165, 1.54) is 0 Å². The van der Waals surface area contributed by atoms with Crippen LogP contribution in [0.3, 0.4) is 0 Å². The lowest BCUT2D eigenvalue weighted by molar-refractivity contribution is -0.142. The van der Waals surface area contributed by atoms with Gasteiger partial charge in [-0.3, -0.25) is 9.59 Å². The predicted octanol–water partition coefficient (Wildman–Crippen LogP) is 2.57. The average Bonchev–Trinajstić information content (AvgIpc) is 2.29. The summed E-state index contributed by atoms with van der Waals surface area (Å²) in [6, 6.07) is 0.182. The number of carbonyl (C=O) groups is 2. The zero-order valence-corrected chi connectivity index (χ0v) is 11.4. The Hall–Kier alpha value is -1.06. The molecule has 18 heavy (non-hydrogen) atoms. The van der Waals surface area contributed by atoms with E-state index in [1.54, 1.807) is 0 Å². The summed E-state index contributed by atoms with van der Waals surface area (Å²) in [5.41, 5.74) is 0. The quantitative estimate of drug-likeness (QED) is 0.766. The largest absolute Gasteiger partial charge is 0.481 e. The molecule has 0 spiro atoms. The van der Waals surface area contributed by atoms with Crippen LogP contribution in [-0.4, -0.2) is 23.0 Å². The van der Waals surface area contributed by atoms with Crippen molar-refractivity contribution in [1.29, 1.82) is 0 Å². The molecular weight excluding hydrogens is 230 g/mol. The van der Waals surface area contributed by atoms with Crippen LogP contribution in [0, 0.1) is 11.8 Å². The van der Waals surface area contributed by atoms with Crippen LogP contribution >= 0.6 is 0 Å². The second-order valence-electron chi connectivity index (χ2n) is 5.55. The van der Waals surface area contributed by atoms with Crippen molar-refractivity contribution >= 4 is 11.9 Å². The van der Waals surface area contributed by atoms with E-state index in [1.807, 2.05) is 0 Å². The molecule has 0 unspecified atom stereocenters. The van der Waals surface area contributed by atoms with Gasteiger partial charge >= 0.3 is 5.97 Å². The van der Waals surface area contributed by atoms with Crippen LogP contribution in [0.2, 0.25) is 0 Å². The van der Waals surface area contributed by atoms with Crippen molar-refractivity contribution < 1.29 is 14.7 Å². The molecule has 4 heteroatoms. The van der Waals surface area contributed by atoms with Crippen molar-refractivity contribution in [3.05, 3.63) is 0 Å². The van der Waals surface area contributed by atoms with Gasteiger partial charge in [0.05, 0.1) is 5.92 Å². The van der Waals surface area contributed by atoms with Gasteiger partial charge in [-0.2, -0.15) is 0 Å². The lowest BCUT2D eigenvalue weighted by atomic mass is 9.86. The number of hydrogen-bond donors (Lipinski definition) is 2. The Bertz CT molecular complexity index is 283. The molecule has 2 N–H and O–H groups in total. The van der Waals surface area contributed by atoms with Gasteiger partial charge in [-0.05, 0) is 31.6 Å². The van der Waals surface area contributed by atoms with E-state index in [0.717, 1.165) is 25.7 Å². The Morgan fingerprint density at radius 1 is 1.28 bits per heavy atom. The lowest BCUT2D eigenvalue weighted by Gasteiger charge is -2.27. The second-order valence-corrected chi connectivity index (χ2v) is 5.55. The number of hydrogen-bond acceptors (Lipinski definition) is 2. The van der Waals surface area contributed by atoms with Gasteiger partial charge in [0, 0.05) is 12.5 Å². The maximum atomic E-state index is 11.8. The highest BCUT2D eigenvalue weighted by Gasteiger charge is 2.26. The first-order chi connectivity index (χ1) is 8.52.